The van der Waals surface area contributed by atoms with Gasteiger partial charge < -0.3 is 14.8 Å². The van der Waals surface area contributed by atoms with Gasteiger partial charge in [0.2, 0.25) is 5.91 Å². The average Bonchev–Trinajstić information content (AvgIpc) is 2.89. The molecule has 3 aromatic rings. The molecule has 2 unspecified atom stereocenters. The molecule has 3 aromatic carbocycles. The fourth-order valence-corrected chi connectivity index (χ4v) is 5.06. The lowest BCUT2D eigenvalue weighted by atomic mass is 9.79. The van der Waals surface area contributed by atoms with Gasteiger partial charge in [-0.15, -0.1) is 0 Å². The van der Waals surface area contributed by atoms with Crippen LogP contribution in [0.25, 0.3) is 0 Å². The SMILES string of the molecule is CCC(c1ccccc1)C1c2cc(OC)c(OC)cc2CCN1CC(=O)NCc1ccccc1. The van der Waals surface area contributed by atoms with Crippen LogP contribution in [0.5, 0.6) is 11.5 Å². The lowest BCUT2D eigenvalue weighted by molar-refractivity contribution is -0.123. The second kappa shape index (κ2) is 11.2. The highest BCUT2D eigenvalue weighted by Crippen LogP contribution is 2.45. The van der Waals surface area contributed by atoms with E-state index in [-0.39, 0.29) is 17.9 Å². The molecule has 1 aliphatic rings. The van der Waals surface area contributed by atoms with Crippen LogP contribution in [0.2, 0.25) is 0 Å². The number of carbonyl (C=O) groups is 1. The van der Waals surface area contributed by atoms with Crippen molar-refractivity contribution in [1.82, 2.24) is 10.2 Å². The first kappa shape index (κ1) is 23.8. The van der Waals surface area contributed by atoms with Gasteiger partial charge in [0, 0.05) is 25.0 Å². The minimum atomic E-state index is 0.0423. The van der Waals surface area contributed by atoms with Crippen molar-refractivity contribution in [2.75, 3.05) is 27.3 Å². The number of amides is 1. The molecule has 1 aliphatic heterocycles. The summed E-state index contributed by atoms with van der Waals surface area (Å²) in [7, 11) is 3.35. The molecule has 0 aromatic heterocycles. The number of rotatable bonds is 9. The molecule has 1 N–H and O–H groups in total. The third-order valence-electron chi connectivity index (χ3n) is 6.75. The van der Waals surface area contributed by atoms with Crippen molar-refractivity contribution in [3.8, 4) is 11.5 Å². The number of nitrogens with one attached hydrogen (secondary N) is 1. The molecule has 5 heteroatoms. The summed E-state index contributed by atoms with van der Waals surface area (Å²) in [6.07, 6.45) is 1.83. The van der Waals surface area contributed by atoms with E-state index in [2.05, 4.69) is 53.5 Å². The van der Waals surface area contributed by atoms with E-state index in [1.54, 1.807) is 14.2 Å². The second-order valence-corrected chi connectivity index (χ2v) is 8.76. The summed E-state index contributed by atoms with van der Waals surface area (Å²) < 4.78 is 11.2. The number of carbonyl (C=O) groups excluding carboxylic acids is 1. The van der Waals surface area contributed by atoms with Crippen LogP contribution in [0.15, 0.2) is 72.8 Å². The summed E-state index contributed by atoms with van der Waals surface area (Å²) in [5.74, 6) is 1.77. The van der Waals surface area contributed by atoms with Crippen molar-refractivity contribution in [2.24, 2.45) is 0 Å². The predicted octanol–water partition coefficient (Wildman–Crippen LogP) is 5.11. The molecular formula is C29H34N2O3. The van der Waals surface area contributed by atoms with Crippen molar-refractivity contribution in [2.45, 2.75) is 38.3 Å². The van der Waals surface area contributed by atoms with Crippen molar-refractivity contribution in [1.29, 1.82) is 0 Å². The highest BCUT2D eigenvalue weighted by molar-refractivity contribution is 5.78. The zero-order valence-corrected chi connectivity index (χ0v) is 20.3. The predicted molar refractivity (Wildman–Crippen MR) is 135 cm³/mol. The van der Waals surface area contributed by atoms with Gasteiger partial charge in [0.25, 0.3) is 0 Å². The number of fused-ring (bicyclic) bond motifs is 1. The summed E-state index contributed by atoms with van der Waals surface area (Å²) in [6.45, 7) is 3.93. The number of hydrogen-bond donors (Lipinski definition) is 1. The van der Waals surface area contributed by atoms with E-state index in [9.17, 15) is 4.79 Å². The molecule has 0 bridgehead atoms. The van der Waals surface area contributed by atoms with Gasteiger partial charge in [0.05, 0.1) is 20.8 Å². The number of ether oxygens (including phenoxy) is 2. The Hall–Kier alpha value is -3.31. The van der Waals surface area contributed by atoms with Gasteiger partial charge in [0.15, 0.2) is 11.5 Å². The minimum Gasteiger partial charge on any atom is -0.493 e. The van der Waals surface area contributed by atoms with Crippen molar-refractivity contribution < 1.29 is 14.3 Å². The Morgan fingerprint density at radius 3 is 2.29 bits per heavy atom. The third kappa shape index (κ3) is 5.26. The molecule has 0 radical (unpaired) electrons. The Balaban J connectivity index is 1.64. The lowest BCUT2D eigenvalue weighted by Crippen LogP contribution is -2.44. The van der Waals surface area contributed by atoms with E-state index in [0.29, 0.717) is 13.1 Å². The van der Waals surface area contributed by atoms with Crippen LogP contribution in [-0.2, 0) is 17.8 Å². The highest BCUT2D eigenvalue weighted by atomic mass is 16.5. The van der Waals surface area contributed by atoms with Gasteiger partial charge >= 0.3 is 0 Å². The van der Waals surface area contributed by atoms with Gasteiger partial charge in [-0.2, -0.15) is 0 Å². The van der Waals surface area contributed by atoms with Crippen molar-refractivity contribution >= 4 is 5.91 Å². The summed E-state index contributed by atoms with van der Waals surface area (Å²) >= 11 is 0. The Labute approximate surface area is 202 Å². The van der Waals surface area contributed by atoms with Crippen molar-refractivity contribution in [3.63, 3.8) is 0 Å². The zero-order chi connectivity index (χ0) is 23.9. The van der Waals surface area contributed by atoms with E-state index in [4.69, 9.17) is 9.47 Å². The smallest absolute Gasteiger partial charge is 0.234 e. The first-order chi connectivity index (χ1) is 16.6. The maximum absolute atomic E-state index is 13.0. The molecular weight excluding hydrogens is 424 g/mol. The molecule has 2 atom stereocenters. The average molecular weight is 459 g/mol. The quantitative estimate of drug-likeness (QED) is 0.484. The molecule has 34 heavy (non-hydrogen) atoms. The fourth-order valence-electron chi connectivity index (χ4n) is 5.06. The van der Waals surface area contributed by atoms with Crippen LogP contribution in [0.4, 0.5) is 0 Å². The molecule has 5 nitrogen and oxygen atoms in total. The maximum Gasteiger partial charge on any atom is 0.234 e. The van der Waals surface area contributed by atoms with Crippen LogP contribution >= 0.6 is 0 Å². The van der Waals surface area contributed by atoms with Crippen LogP contribution in [0.1, 0.15) is 47.6 Å². The van der Waals surface area contributed by atoms with Crippen molar-refractivity contribution in [3.05, 3.63) is 95.1 Å². The highest BCUT2D eigenvalue weighted by Gasteiger charge is 2.35. The Morgan fingerprint density at radius 1 is 1.00 bits per heavy atom. The monoisotopic (exact) mass is 458 g/mol. The number of nitrogens with zero attached hydrogens (tertiary/aromatic N) is 1. The van der Waals surface area contributed by atoms with Gasteiger partial charge in [-0.25, -0.2) is 0 Å². The molecule has 0 saturated heterocycles. The summed E-state index contributed by atoms with van der Waals surface area (Å²) in [5.41, 5.74) is 4.87. The van der Waals surface area contributed by atoms with E-state index in [1.165, 1.54) is 16.7 Å². The number of methoxy groups -OCH3 is 2. The molecule has 1 heterocycles. The van der Waals surface area contributed by atoms with Gasteiger partial charge in [0.1, 0.15) is 0 Å². The molecule has 1 amide bonds. The molecule has 0 fully saturated rings. The van der Waals surface area contributed by atoms with Gasteiger partial charge in [-0.05, 0) is 47.2 Å². The first-order valence-corrected chi connectivity index (χ1v) is 12.0. The summed E-state index contributed by atoms with van der Waals surface area (Å²) in [5, 5.41) is 3.10. The molecule has 178 valence electrons. The van der Waals surface area contributed by atoms with Crippen LogP contribution < -0.4 is 14.8 Å². The first-order valence-electron chi connectivity index (χ1n) is 12.0. The van der Waals surface area contributed by atoms with E-state index >= 15 is 0 Å². The topological polar surface area (TPSA) is 50.8 Å². The number of hydrogen-bond acceptors (Lipinski definition) is 4. The minimum absolute atomic E-state index is 0.0423. The fraction of sp³-hybridized carbons (Fsp3) is 0.345. The van der Waals surface area contributed by atoms with Crippen LogP contribution in [0.3, 0.4) is 0 Å². The standard InChI is InChI=1S/C29H34N2O3/c1-4-24(22-13-9-6-10-14-22)29-25-18-27(34-3)26(33-2)17-23(25)15-16-31(29)20-28(32)30-19-21-11-7-5-8-12-21/h5-14,17-18,24,29H,4,15-16,19-20H2,1-3H3,(H,30,32). The van der Waals surface area contributed by atoms with Gasteiger partial charge in [-0.1, -0.05) is 67.6 Å². The molecule has 0 aliphatic carbocycles. The van der Waals surface area contributed by atoms with Crippen LogP contribution in [-0.4, -0.2) is 38.1 Å². The van der Waals surface area contributed by atoms with Gasteiger partial charge in [-0.3, -0.25) is 9.69 Å². The van der Waals surface area contributed by atoms with E-state index in [0.717, 1.165) is 36.4 Å². The molecule has 0 spiro atoms. The molecule has 4 rings (SSSR count). The maximum atomic E-state index is 13.0. The Kier molecular flexibility index (Phi) is 7.86. The Morgan fingerprint density at radius 2 is 1.65 bits per heavy atom. The Bertz CT molecular complexity index is 1090. The summed E-state index contributed by atoms with van der Waals surface area (Å²) in [6, 6.07) is 24.9. The molecule has 0 saturated carbocycles. The van der Waals surface area contributed by atoms with E-state index < -0.39 is 0 Å². The van der Waals surface area contributed by atoms with Crippen LogP contribution in [0, 0.1) is 0 Å². The number of benzene rings is 3. The van der Waals surface area contributed by atoms with E-state index in [1.807, 2.05) is 36.4 Å². The largest absolute Gasteiger partial charge is 0.493 e. The normalized spacial score (nSPS) is 16.4. The third-order valence-corrected chi connectivity index (χ3v) is 6.75. The zero-order valence-electron chi connectivity index (χ0n) is 20.3. The lowest BCUT2D eigenvalue weighted by Gasteiger charge is -2.41. The summed E-state index contributed by atoms with van der Waals surface area (Å²) in [4.78, 5) is 15.3. The second-order valence-electron chi connectivity index (χ2n) is 8.76.